The summed E-state index contributed by atoms with van der Waals surface area (Å²) < 4.78 is 0. The van der Waals surface area contributed by atoms with Crippen molar-refractivity contribution >= 4 is 18.3 Å². The number of H-pyrrole nitrogens is 1. The molecule has 0 fully saturated rings. The normalized spacial score (nSPS) is 11.8. The minimum atomic E-state index is -0.629. The number of carbonyl (C=O) groups is 1. The van der Waals surface area contributed by atoms with Gasteiger partial charge in [-0.1, -0.05) is 0 Å². The summed E-state index contributed by atoms with van der Waals surface area (Å²) in [6, 6.07) is -0.629. The molecule has 12 heavy (non-hydrogen) atoms. The maximum absolute atomic E-state index is 10.5. The number of nitrogens with two attached hydrogens (primary N) is 2. The fourth-order valence-corrected chi connectivity index (χ4v) is 0.734. The Morgan fingerprint density at radius 3 is 2.83 bits per heavy atom. The van der Waals surface area contributed by atoms with Gasteiger partial charge in [0.1, 0.15) is 0 Å². The molecule has 0 saturated carbocycles. The molecular weight excluding hydrogens is 180 g/mol. The van der Waals surface area contributed by atoms with Crippen LogP contribution in [0.1, 0.15) is 5.69 Å². The number of nitrogens with zero attached hydrogens (tertiary/aromatic N) is 1. The lowest BCUT2D eigenvalue weighted by molar-refractivity contribution is -0.119. The summed E-state index contributed by atoms with van der Waals surface area (Å²) in [5, 5.41) is 0. The van der Waals surface area contributed by atoms with Crippen molar-refractivity contribution in [3.05, 3.63) is 18.2 Å². The van der Waals surface area contributed by atoms with Crippen LogP contribution in [0.2, 0.25) is 0 Å². The minimum absolute atomic E-state index is 0. The highest BCUT2D eigenvalue weighted by molar-refractivity contribution is 5.85. The summed E-state index contributed by atoms with van der Waals surface area (Å²) in [7, 11) is 0. The van der Waals surface area contributed by atoms with Crippen molar-refractivity contribution in [3.8, 4) is 0 Å². The Balaban J connectivity index is 0.00000121. The number of rotatable bonds is 3. The molecule has 0 aliphatic rings. The molecule has 1 amide bonds. The Morgan fingerprint density at radius 1 is 1.75 bits per heavy atom. The molecule has 1 heterocycles. The average molecular weight is 191 g/mol. The van der Waals surface area contributed by atoms with Crippen LogP contribution in [0.15, 0.2) is 12.5 Å². The molecule has 68 valence electrons. The van der Waals surface area contributed by atoms with Crippen molar-refractivity contribution in [3.63, 3.8) is 0 Å². The van der Waals surface area contributed by atoms with Crippen LogP contribution in [0, 0.1) is 0 Å². The largest absolute Gasteiger partial charge is 0.368 e. The monoisotopic (exact) mass is 190 g/mol. The third kappa shape index (κ3) is 2.89. The maximum Gasteiger partial charge on any atom is 0.234 e. The van der Waals surface area contributed by atoms with Gasteiger partial charge < -0.3 is 16.5 Å². The summed E-state index contributed by atoms with van der Waals surface area (Å²) in [5.41, 5.74) is 11.2. The van der Waals surface area contributed by atoms with E-state index in [2.05, 4.69) is 9.97 Å². The molecule has 0 bridgehead atoms. The van der Waals surface area contributed by atoms with Crippen molar-refractivity contribution in [1.29, 1.82) is 0 Å². The van der Waals surface area contributed by atoms with E-state index < -0.39 is 11.9 Å². The highest BCUT2D eigenvalue weighted by Gasteiger charge is 2.09. The quantitative estimate of drug-likeness (QED) is 0.581. The molecule has 1 aromatic heterocycles. The van der Waals surface area contributed by atoms with Gasteiger partial charge in [0.05, 0.1) is 12.4 Å². The standard InChI is InChI=1S/C6H10N4O.ClH/c7-5(6(8)11)1-4-2-9-3-10-4;/h2-3,5H,1,7H2,(H2,8,11)(H,9,10);1H/t5-;/m0./s1. The van der Waals surface area contributed by atoms with Crippen LogP contribution in [-0.2, 0) is 11.2 Å². The lowest BCUT2D eigenvalue weighted by Gasteiger charge is -2.03. The van der Waals surface area contributed by atoms with Gasteiger partial charge in [0.15, 0.2) is 0 Å². The van der Waals surface area contributed by atoms with Gasteiger partial charge in [0.2, 0.25) is 5.91 Å². The van der Waals surface area contributed by atoms with Crippen molar-refractivity contribution in [2.75, 3.05) is 0 Å². The summed E-state index contributed by atoms with van der Waals surface area (Å²) in [4.78, 5) is 17.1. The average Bonchev–Trinajstić information content (AvgIpc) is 2.39. The molecule has 0 aliphatic carbocycles. The number of carbonyl (C=O) groups excluding carboxylic acids is 1. The van der Waals surface area contributed by atoms with Gasteiger partial charge in [0, 0.05) is 18.3 Å². The highest BCUT2D eigenvalue weighted by Crippen LogP contribution is 1.94. The number of imidazole rings is 1. The van der Waals surface area contributed by atoms with Gasteiger partial charge in [-0.05, 0) is 0 Å². The Kier molecular flexibility index (Phi) is 4.31. The van der Waals surface area contributed by atoms with Crippen LogP contribution >= 0.6 is 12.4 Å². The number of aromatic amines is 1. The zero-order valence-corrected chi connectivity index (χ0v) is 7.17. The molecule has 1 rings (SSSR count). The molecule has 0 aromatic carbocycles. The van der Waals surface area contributed by atoms with Crippen LogP contribution in [0.5, 0.6) is 0 Å². The van der Waals surface area contributed by atoms with Crippen molar-refractivity contribution in [1.82, 2.24) is 9.97 Å². The summed E-state index contributed by atoms with van der Waals surface area (Å²) in [5.74, 6) is -0.500. The lowest BCUT2D eigenvalue weighted by Crippen LogP contribution is -2.38. The molecule has 0 radical (unpaired) electrons. The zero-order chi connectivity index (χ0) is 8.27. The van der Waals surface area contributed by atoms with E-state index in [-0.39, 0.29) is 12.4 Å². The predicted octanol–water partition coefficient (Wildman–Crippen LogP) is -0.813. The number of halogens is 1. The molecule has 1 atom stereocenters. The molecule has 0 spiro atoms. The van der Waals surface area contributed by atoms with Crippen LogP contribution < -0.4 is 11.5 Å². The van der Waals surface area contributed by atoms with E-state index in [1.165, 1.54) is 6.33 Å². The van der Waals surface area contributed by atoms with E-state index in [9.17, 15) is 4.79 Å². The molecule has 0 aliphatic heterocycles. The third-order valence-electron chi connectivity index (χ3n) is 1.36. The van der Waals surface area contributed by atoms with E-state index in [1.807, 2.05) is 0 Å². The van der Waals surface area contributed by atoms with E-state index in [0.29, 0.717) is 6.42 Å². The van der Waals surface area contributed by atoms with E-state index in [1.54, 1.807) is 6.20 Å². The predicted molar refractivity (Wildman–Crippen MR) is 46.7 cm³/mol. The summed E-state index contributed by atoms with van der Waals surface area (Å²) in [6.45, 7) is 0. The van der Waals surface area contributed by atoms with Crippen LogP contribution in [0.25, 0.3) is 0 Å². The second-order valence-electron chi connectivity index (χ2n) is 2.29. The molecule has 5 N–H and O–H groups in total. The van der Waals surface area contributed by atoms with Gasteiger partial charge in [-0.3, -0.25) is 4.79 Å². The summed E-state index contributed by atoms with van der Waals surface area (Å²) in [6.07, 6.45) is 3.56. The smallest absolute Gasteiger partial charge is 0.234 e. The van der Waals surface area contributed by atoms with Gasteiger partial charge in [-0.15, -0.1) is 12.4 Å². The van der Waals surface area contributed by atoms with Gasteiger partial charge >= 0.3 is 0 Å². The fraction of sp³-hybridized carbons (Fsp3) is 0.333. The first kappa shape index (κ1) is 10.9. The minimum Gasteiger partial charge on any atom is -0.368 e. The maximum atomic E-state index is 10.5. The van der Waals surface area contributed by atoms with Gasteiger partial charge in [0.25, 0.3) is 0 Å². The van der Waals surface area contributed by atoms with Gasteiger partial charge in [-0.2, -0.15) is 0 Å². The van der Waals surface area contributed by atoms with Crippen molar-refractivity contribution < 1.29 is 4.79 Å². The van der Waals surface area contributed by atoms with Crippen LogP contribution in [0.3, 0.4) is 0 Å². The zero-order valence-electron chi connectivity index (χ0n) is 6.36. The molecule has 0 unspecified atom stereocenters. The number of hydrogen-bond donors (Lipinski definition) is 3. The van der Waals surface area contributed by atoms with E-state index in [0.717, 1.165) is 5.69 Å². The van der Waals surface area contributed by atoms with E-state index in [4.69, 9.17) is 11.5 Å². The molecule has 1 aromatic rings. The van der Waals surface area contributed by atoms with Crippen LogP contribution in [0.4, 0.5) is 0 Å². The second-order valence-corrected chi connectivity index (χ2v) is 2.29. The Hall–Kier alpha value is -1.07. The fourth-order valence-electron chi connectivity index (χ4n) is 0.734. The number of amides is 1. The third-order valence-corrected chi connectivity index (χ3v) is 1.36. The first-order chi connectivity index (χ1) is 5.20. The lowest BCUT2D eigenvalue weighted by atomic mass is 10.2. The number of aromatic nitrogens is 2. The second kappa shape index (κ2) is 4.74. The first-order valence-electron chi connectivity index (χ1n) is 3.22. The van der Waals surface area contributed by atoms with Crippen molar-refractivity contribution in [2.24, 2.45) is 11.5 Å². The highest BCUT2D eigenvalue weighted by atomic mass is 35.5. The Bertz CT molecular complexity index is 236. The van der Waals surface area contributed by atoms with Crippen LogP contribution in [-0.4, -0.2) is 21.9 Å². The first-order valence-corrected chi connectivity index (χ1v) is 3.22. The Morgan fingerprint density at radius 2 is 2.42 bits per heavy atom. The van der Waals surface area contributed by atoms with Gasteiger partial charge in [-0.25, -0.2) is 4.98 Å². The molecular formula is C6H11ClN4O. The Labute approximate surface area is 75.9 Å². The molecule has 0 saturated heterocycles. The number of primary amides is 1. The summed E-state index contributed by atoms with van der Waals surface area (Å²) >= 11 is 0. The van der Waals surface area contributed by atoms with E-state index >= 15 is 0 Å². The van der Waals surface area contributed by atoms with Crippen molar-refractivity contribution in [2.45, 2.75) is 12.5 Å². The SMILES string of the molecule is Cl.NC(=O)[C@@H](N)Cc1cnc[nH]1. The number of hydrogen-bond acceptors (Lipinski definition) is 3. The topological polar surface area (TPSA) is 97.8 Å². The number of nitrogens with one attached hydrogen (secondary N) is 1. The molecule has 5 nitrogen and oxygen atoms in total. The molecule has 6 heteroatoms.